The Kier molecular flexibility index (Phi) is 4.52. The highest BCUT2D eigenvalue weighted by Gasteiger charge is 2.09. The fraction of sp³-hybridized carbons (Fsp3) is 0.556. The van der Waals surface area contributed by atoms with E-state index < -0.39 is 0 Å². The number of ether oxygens (including phenoxy) is 1. The van der Waals surface area contributed by atoms with Gasteiger partial charge in [-0.1, -0.05) is 6.92 Å². The number of thioether (sulfide) groups is 1. The third kappa shape index (κ3) is 3.83. The first-order valence-electron chi connectivity index (χ1n) is 4.38. The Morgan fingerprint density at radius 3 is 3.07 bits per heavy atom. The summed E-state index contributed by atoms with van der Waals surface area (Å²) in [5, 5.41) is 4.32. The van der Waals surface area contributed by atoms with Crippen LogP contribution in [0.2, 0.25) is 0 Å². The Bertz CT molecular complexity index is 274. The van der Waals surface area contributed by atoms with E-state index >= 15 is 0 Å². The zero-order valence-electron chi connectivity index (χ0n) is 8.34. The molecule has 0 radical (unpaired) electrons. The van der Waals surface area contributed by atoms with Crippen molar-refractivity contribution in [2.24, 2.45) is 0 Å². The van der Waals surface area contributed by atoms with Crippen LogP contribution in [-0.4, -0.2) is 28.1 Å². The molecule has 0 saturated carbocycles. The third-order valence-corrected chi connectivity index (χ3v) is 2.88. The van der Waals surface area contributed by atoms with Gasteiger partial charge in [0.2, 0.25) is 0 Å². The van der Waals surface area contributed by atoms with Crippen LogP contribution in [0.1, 0.15) is 13.3 Å². The van der Waals surface area contributed by atoms with E-state index in [1.165, 1.54) is 7.11 Å². The number of methoxy groups -OCH3 is 1. The van der Waals surface area contributed by atoms with E-state index in [1.54, 1.807) is 18.0 Å². The van der Waals surface area contributed by atoms with Gasteiger partial charge >= 0.3 is 5.97 Å². The highest BCUT2D eigenvalue weighted by molar-refractivity contribution is 7.98. The second-order valence-electron chi connectivity index (χ2n) is 2.93. The molecule has 0 aliphatic rings. The lowest BCUT2D eigenvalue weighted by Crippen LogP contribution is -2.10. The maximum absolute atomic E-state index is 10.9. The zero-order valence-corrected chi connectivity index (χ0v) is 9.16. The quantitative estimate of drug-likeness (QED) is 0.697. The van der Waals surface area contributed by atoms with Gasteiger partial charge in [0, 0.05) is 17.6 Å². The third-order valence-electron chi connectivity index (χ3n) is 1.73. The van der Waals surface area contributed by atoms with Crippen molar-refractivity contribution in [3.63, 3.8) is 0 Å². The molecule has 0 bridgehead atoms. The van der Waals surface area contributed by atoms with Gasteiger partial charge in [0.1, 0.15) is 0 Å². The van der Waals surface area contributed by atoms with Crippen molar-refractivity contribution in [1.82, 2.24) is 9.78 Å². The molecule has 1 unspecified atom stereocenters. The number of rotatable bonds is 5. The van der Waals surface area contributed by atoms with Crippen molar-refractivity contribution in [2.75, 3.05) is 7.11 Å². The van der Waals surface area contributed by atoms with E-state index in [-0.39, 0.29) is 11.2 Å². The van der Waals surface area contributed by atoms with E-state index in [0.717, 1.165) is 5.88 Å². The Labute approximate surface area is 87.6 Å². The van der Waals surface area contributed by atoms with Gasteiger partial charge < -0.3 is 4.74 Å². The molecular formula is C9H14N2O2S. The number of aromatic nitrogens is 2. The second kappa shape index (κ2) is 5.70. The highest BCUT2D eigenvalue weighted by atomic mass is 32.2. The van der Waals surface area contributed by atoms with Crippen LogP contribution in [0, 0.1) is 0 Å². The first-order valence-corrected chi connectivity index (χ1v) is 5.43. The van der Waals surface area contributed by atoms with E-state index in [9.17, 15) is 4.79 Å². The van der Waals surface area contributed by atoms with Crippen LogP contribution >= 0.6 is 11.8 Å². The topological polar surface area (TPSA) is 44.1 Å². The van der Waals surface area contributed by atoms with Crippen LogP contribution in [0.25, 0.3) is 0 Å². The molecule has 14 heavy (non-hydrogen) atoms. The molecule has 1 aromatic rings. The minimum Gasteiger partial charge on any atom is -0.469 e. The summed E-state index contributed by atoms with van der Waals surface area (Å²) in [7, 11) is 1.41. The summed E-state index contributed by atoms with van der Waals surface area (Å²) in [6, 6.07) is 1.88. The van der Waals surface area contributed by atoms with Crippen LogP contribution in [0.3, 0.4) is 0 Å². The molecule has 0 amide bonds. The summed E-state index contributed by atoms with van der Waals surface area (Å²) in [6.07, 6.45) is 4.09. The molecule has 1 heterocycles. The van der Waals surface area contributed by atoms with Crippen molar-refractivity contribution in [2.45, 2.75) is 24.5 Å². The minimum atomic E-state index is -0.162. The number of esters is 1. The maximum atomic E-state index is 10.9. The standard InChI is InChI=1S/C9H14N2O2S/c1-8(6-9(12)13-2)14-7-11-5-3-4-10-11/h3-5,8H,6-7H2,1-2H3. The molecule has 0 spiro atoms. The van der Waals surface area contributed by atoms with Crippen molar-refractivity contribution in [3.8, 4) is 0 Å². The first kappa shape index (κ1) is 11.1. The van der Waals surface area contributed by atoms with Crippen molar-refractivity contribution >= 4 is 17.7 Å². The smallest absolute Gasteiger partial charge is 0.306 e. The lowest BCUT2D eigenvalue weighted by atomic mass is 10.3. The van der Waals surface area contributed by atoms with E-state index in [4.69, 9.17) is 0 Å². The van der Waals surface area contributed by atoms with Gasteiger partial charge in [-0.2, -0.15) is 5.10 Å². The lowest BCUT2D eigenvalue weighted by molar-refractivity contribution is -0.140. The molecule has 0 fully saturated rings. The fourth-order valence-corrected chi connectivity index (χ4v) is 1.77. The number of carbonyl (C=O) groups excluding carboxylic acids is 1. The fourth-order valence-electron chi connectivity index (χ4n) is 0.957. The van der Waals surface area contributed by atoms with E-state index in [1.807, 2.05) is 23.9 Å². The van der Waals surface area contributed by atoms with Gasteiger partial charge in [-0.25, -0.2) is 0 Å². The monoisotopic (exact) mass is 214 g/mol. The van der Waals surface area contributed by atoms with Gasteiger partial charge in [-0.05, 0) is 6.07 Å². The molecule has 0 aliphatic carbocycles. The number of hydrogen-bond donors (Lipinski definition) is 0. The Hall–Kier alpha value is -0.970. The molecule has 1 aromatic heterocycles. The largest absolute Gasteiger partial charge is 0.469 e. The Morgan fingerprint density at radius 1 is 1.71 bits per heavy atom. The maximum Gasteiger partial charge on any atom is 0.306 e. The Balaban J connectivity index is 2.21. The Morgan fingerprint density at radius 2 is 2.50 bits per heavy atom. The summed E-state index contributed by atoms with van der Waals surface area (Å²) in [5.41, 5.74) is 0. The molecule has 1 rings (SSSR count). The van der Waals surface area contributed by atoms with E-state index in [0.29, 0.717) is 6.42 Å². The van der Waals surface area contributed by atoms with Crippen LogP contribution in [0.15, 0.2) is 18.5 Å². The number of carbonyl (C=O) groups is 1. The first-order chi connectivity index (χ1) is 6.72. The molecule has 78 valence electrons. The number of nitrogens with zero attached hydrogens (tertiary/aromatic N) is 2. The lowest BCUT2D eigenvalue weighted by Gasteiger charge is -2.09. The molecule has 4 nitrogen and oxygen atoms in total. The van der Waals surface area contributed by atoms with Gasteiger partial charge in [-0.15, -0.1) is 11.8 Å². The average molecular weight is 214 g/mol. The summed E-state index contributed by atoms with van der Waals surface area (Å²) < 4.78 is 6.41. The SMILES string of the molecule is COC(=O)CC(C)SCn1cccn1. The zero-order chi connectivity index (χ0) is 10.4. The second-order valence-corrected chi connectivity index (χ2v) is 4.33. The summed E-state index contributed by atoms with van der Waals surface area (Å²) in [4.78, 5) is 10.9. The van der Waals surface area contributed by atoms with Gasteiger partial charge in [-0.3, -0.25) is 9.48 Å². The molecule has 1 atom stereocenters. The predicted octanol–water partition coefficient (Wildman–Crippen LogP) is 1.53. The molecule has 0 aromatic carbocycles. The van der Waals surface area contributed by atoms with Gasteiger partial charge in [0.15, 0.2) is 0 Å². The number of hydrogen-bond acceptors (Lipinski definition) is 4. The van der Waals surface area contributed by atoms with E-state index in [2.05, 4.69) is 9.84 Å². The minimum absolute atomic E-state index is 0.162. The highest BCUT2D eigenvalue weighted by Crippen LogP contribution is 2.16. The summed E-state index contributed by atoms with van der Waals surface area (Å²) in [5.74, 6) is 0.607. The van der Waals surface area contributed by atoms with Crippen molar-refractivity contribution in [1.29, 1.82) is 0 Å². The molecular weight excluding hydrogens is 200 g/mol. The molecule has 0 aliphatic heterocycles. The van der Waals surface area contributed by atoms with Crippen LogP contribution in [0.4, 0.5) is 0 Å². The van der Waals surface area contributed by atoms with Crippen LogP contribution in [0.5, 0.6) is 0 Å². The molecule has 5 heteroatoms. The average Bonchev–Trinajstić information content (AvgIpc) is 2.67. The predicted molar refractivity (Wildman–Crippen MR) is 55.9 cm³/mol. The molecule has 0 N–H and O–H groups in total. The summed E-state index contributed by atoms with van der Waals surface area (Å²) >= 11 is 1.68. The van der Waals surface area contributed by atoms with Crippen LogP contribution < -0.4 is 0 Å². The van der Waals surface area contributed by atoms with Crippen molar-refractivity contribution in [3.05, 3.63) is 18.5 Å². The summed E-state index contributed by atoms with van der Waals surface area (Å²) in [6.45, 7) is 2.01. The molecule has 0 saturated heterocycles. The normalized spacial score (nSPS) is 12.4. The van der Waals surface area contributed by atoms with Gasteiger partial charge in [0.25, 0.3) is 0 Å². The van der Waals surface area contributed by atoms with Crippen LogP contribution in [-0.2, 0) is 15.4 Å². The van der Waals surface area contributed by atoms with Crippen molar-refractivity contribution < 1.29 is 9.53 Å². The van der Waals surface area contributed by atoms with Gasteiger partial charge in [0.05, 0.1) is 19.4 Å².